The minimum absolute atomic E-state index is 0.0243. The van der Waals surface area contributed by atoms with Crippen LogP contribution in [0.2, 0.25) is 10.0 Å². The van der Waals surface area contributed by atoms with Crippen LogP contribution in [0.3, 0.4) is 0 Å². The Kier molecular flexibility index (Phi) is 5.89. The van der Waals surface area contributed by atoms with Gasteiger partial charge in [0.15, 0.2) is 0 Å². The fourth-order valence-electron chi connectivity index (χ4n) is 3.52. The zero-order chi connectivity index (χ0) is 20.2. The maximum Gasteiger partial charge on any atom is 0.123 e. The van der Waals surface area contributed by atoms with Crippen molar-refractivity contribution in [1.29, 1.82) is 0 Å². The molecule has 0 spiro atoms. The summed E-state index contributed by atoms with van der Waals surface area (Å²) in [6.07, 6.45) is 7.87. The van der Waals surface area contributed by atoms with Gasteiger partial charge in [-0.15, -0.1) is 0 Å². The standard InChI is InChI=1S/C24H17Cl2FN2/c25-20-9-19(10-21(26)12-20)24-13-22(27)6-5-16(24)11-23(17-3-1-7-28-14-17)18-4-2-8-29-15-18/h1-10,12-15,23H,11H2. The van der Waals surface area contributed by atoms with Gasteiger partial charge in [-0.3, -0.25) is 9.97 Å². The van der Waals surface area contributed by atoms with Crippen LogP contribution in [-0.4, -0.2) is 9.97 Å². The lowest BCUT2D eigenvalue weighted by Crippen LogP contribution is -2.07. The zero-order valence-corrected chi connectivity index (χ0v) is 16.9. The summed E-state index contributed by atoms with van der Waals surface area (Å²) in [4.78, 5) is 8.55. The van der Waals surface area contributed by atoms with Gasteiger partial charge in [-0.1, -0.05) is 41.4 Å². The molecular formula is C24H17Cl2FN2. The Morgan fingerprint density at radius 2 is 1.41 bits per heavy atom. The van der Waals surface area contributed by atoms with E-state index in [9.17, 15) is 4.39 Å². The van der Waals surface area contributed by atoms with E-state index >= 15 is 0 Å². The van der Waals surface area contributed by atoms with Crippen molar-refractivity contribution in [2.45, 2.75) is 12.3 Å². The predicted octanol–water partition coefficient (Wildman–Crippen LogP) is 6.96. The van der Waals surface area contributed by atoms with Crippen LogP contribution in [0.1, 0.15) is 22.6 Å². The van der Waals surface area contributed by atoms with E-state index in [0.717, 1.165) is 27.8 Å². The molecule has 0 aliphatic heterocycles. The average molecular weight is 423 g/mol. The van der Waals surface area contributed by atoms with Crippen LogP contribution in [0, 0.1) is 5.82 Å². The first kappa shape index (κ1) is 19.6. The minimum atomic E-state index is -0.306. The fraction of sp³-hybridized carbons (Fsp3) is 0.0833. The first-order valence-electron chi connectivity index (χ1n) is 9.15. The quantitative estimate of drug-likeness (QED) is 0.347. The molecule has 0 radical (unpaired) electrons. The topological polar surface area (TPSA) is 25.8 Å². The van der Waals surface area contributed by atoms with E-state index in [1.54, 1.807) is 30.6 Å². The molecular weight excluding hydrogens is 406 g/mol. The molecule has 0 unspecified atom stereocenters. The molecule has 4 aromatic rings. The van der Waals surface area contributed by atoms with Crippen molar-refractivity contribution >= 4 is 23.2 Å². The lowest BCUT2D eigenvalue weighted by molar-refractivity contribution is 0.627. The van der Waals surface area contributed by atoms with Crippen LogP contribution >= 0.6 is 23.2 Å². The van der Waals surface area contributed by atoms with Gasteiger partial charge in [-0.25, -0.2) is 4.39 Å². The lowest BCUT2D eigenvalue weighted by atomic mass is 9.85. The summed E-state index contributed by atoms with van der Waals surface area (Å²) >= 11 is 12.4. The lowest BCUT2D eigenvalue weighted by Gasteiger charge is -2.20. The highest BCUT2D eigenvalue weighted by molar-refractivity contribution is 6.35. The molecule has 0 N–H and O–H groups in total. The predicted molar refractivity (Wildman–Crippen MR) is 116 cm³/mol. The Morgan fingerprint density at radius 1 is 0.793 bits per heavy atom. The molecule has 0 bridgehead atoms. The average Bonchev–Trinajstić information content (AvgIpc) is 2.73. The second kappa shape index (κ2) is 8.73. The van der Waals surface area contributed by atoms with Crippen molar-refractivity contribution < 1.29 is 4.39 Å². The third kappa shape index (κ3) is 4.64. The van der Waals surface area contributed by atoms with E-state index in [0.29, 0.717) is 16.5 Å². The van der Waals surface area contributed by atoms with Gasteiger partial charge < -0.3 is 0 Å². The van der Waals surface area contributed by atoms with E-state index in [1.165, 1.54) is 12.1 Å². The number of rotatable bonds is 5. The molecule has 0 aliphatic rings. The van der Waals surface area contributed by atoms with E-state index in [-0.39, 0.29) is 11.7 Å². The highest BCUT2D eigenvalue weighted by Gasteiger charge is 2.18. The minimum Gasteiger partial charge on any atom is -0.264 e. The molecule has 2 heterocycles. The highest BCUT2D eigenvalue weighted by atomic mass is 35.5. The normalized spacial score (nSPS) is 11.0. The first-order chi connectivity index (χ1) is 14.1. The van der Waals surface area contributed by atoms with Crippen molar-refractivity contribution in [3.05, 3.63) is 118 Å². The Labute approximate surface area is 179 Å². The van der Waals surface area contributed by atoms with Gasteiger partial charge in [0.1, 0.15) is 5.82 Å². The third-order valence-corrected chi connectivity index (χ3v) is 5.28. The maximum atomic E-state index is 14.1. The van der Waals surface area contributed by atoms with Crippen molar-refractivity contribution in [2.75, 3.05) is 0 Å². The smallest absolute Gasteiger partial charge is 0.123 e. The summed E-state index contributed by atoms with van der Waals surface area (Å²) in [5.74, 6) is -0.282. The summed E-state index contributed by atoms with van der Waals surface area (Å²) in [5, 5.41) is 1.03. The third-order valence-electron chi connectivity index (χ3n) is 4.84. The molecule has 0 saturated carbocycles. The van der Waals surface area contributed by atoms with Crippen LogP contribution in [0.5, 0.6) is 0 Å². The van der Waals surface area contributed by atoms with Gasteiger partial charge in [0, 0.05) is 40.8 Å². The van der Waals surface area contributed by atoms with E-state index in [1.807, 2.05) is 42.7 Å². The summed E-state index contributed by atoms with van der Waals surface area (Å²) in [6.45, 7) is 0. The van der Waals surface area contributed by atoms with Crippen LogP contribution in [0.25, 0.3) is 11.1 Å². The van der Waals surface area contributed by atoms with Crippen molar-refractivity contribution in [1.82, 2.24) is 9.97 Å². The molecule has 0 saturated heterocycles. The number of aromatic nitrogens is 2. The molecule has 144 valence electrons. The van der Waals surface area contributed by atoms with Crippen molar-refractivity contribution in [3.8, 4) is 11.1 Å². The van der Waals surface area contributed by atoms with E-state index in [2.05, 4.69) is 9.97 Å². The maximum absolute atomic E-state index is 14.1. The number of benzene rings is 2. The van der Waals surface area contributed by atoms with Gasteiger partial charge in [-0.2, -0.15) is 0 Å². The van der Waals surface area contributed by atoms with Crippen molar-refractivity contribution in [2.24, 2.45) is 0 Å². The van der Waals surface area contributed by atoms with Gasteiger partial charge >= 0.3 is 0 Å². The molecule has 0 atom stereocenters. The number of nitrogens with zero attached hydrogens (tertiary/aromatic N) is 2. The van der Waals surface area contributed by atoms with E-state index < -0.39 is 0 Å². The molecule has 2 aromatic heterocycles. The van der Waals surface area contributed by atoms with Crippen LogP contribution in [-0.2, 0) is 6.42 Å². The van der Waals surface area contributed by atoms with Crippen LogP contribution in [0.15, 0.2) is 85.5 Å². The van der Waals surface area contributed by atoms with Gasteiger partial charge in [0.25, 0.3) is 0 Å². The van der Waals surface area contributed by atoms with Crippen LogP contribution < -0.4 is 0 Å². The molecule has 0 aliphatic carbocycles. The Balaban J connectivity index is 1.81. The number of hydrogen-bond acceptors (Lipinski definition) is 2. The van der Waals surface area contributed by atoms with Crippen LogP contribution in [0.4, 0.5) is 4.39 Å². The van der Waals surface area contributed by atoms with Gasteiger partial charge in [0.2, 0.25) is 0 Å². The summed E-state index contributed by atoms with van der Waals surface area (Å²) in [7, 11) is 0. The highest BCUT2D eigenvalue weighted by Crippen LogP contribution is 2.35. The molecule has 5 heteroatoms. The summed E-state index contributed by atoms with van der Waals surface area (Å²) < 4.78 is 14.1. The molecule has 0 amide bonds. The van der Waals surface area contributed by atoms with Gasteiger partial charge in [-0.05, 0) is 76.7 Å². The molecule has 2 nitrogen and oxygen atoms in total. The number of hydrogen-bond donors (Lipinski definition) is 0. The molecule has 4 rings (SSSR count). The molecule has 29 heavy (non-hydrogen) atoms. The van der Waals surface area contributed by atoms with Crippen molar-refractivity contribution in [3.63, 3.8) is 0 Å². The second-order valence-electron chi connectivity index (χ2n) is 6.79. The number of pyridine rings is 2. The van der Waals surface area contributed by atoms with E-state index in [4.69, 9.17) is 23.2 Å². The monoisotopic (exact) mass is 422 g/mol. The zero-order valence-electron chi connectivity index (χ0n) is 15.4. The summed E-state index contributed by atoms with van der Waals surface area (Å²) in [6, 6.07) is 18.0. The summed E-state index contributed by atoms with van der Waals surface area (Å²) in [5.41, 5.74) is 4.68. The Hall–Kier alpha value is -2.75. The second-order valence-corrected chi connectivity index (χ2v) is 7.66. The SMILES string of the molecule is Fc1ccc(CC(c2cccnc2)c2cccnc2)c(-c2cc(Cl)cc(Cl)c2)c1. The first-order valence-corrected chi connectivity index (χ1v) is 9.90. The Morgan fingerprint density at radius 3 is 1.97 bits per heavy atom. The molecule has 2 aromatic carbocycles. The Bertz CT molecular complexity index is 1060. The molecule has 0 fully saturated rings. The largest absolute Gasteiger partial charge is 0.264 e. The van der Waals surface area contributed by atoms with Gasteiger partial charge in [0.05, 0.1) is 0 Å². The number of halogens is 3. The fourth-order valence-corrected chi connectivity index (χ4v) is 4.04.